The maximum absolute atomic E-state index is 11.4. The highest BCUT2D eigenvalue weighted by Crippen LogP contribution is 2.20. The van der Waals surface area contributed by atoms with Gasteiger partial charge in [-0.2, -0.15) is 0 Å². The average Bonchev–Trinajstić information content (AvgIpc) is 2.80. The van der Waals surface area contributed by atoms with E-state index in [4.69, 9.17) is 0 Å². The van der Waals surface area contributed by atoms with Crippen molar-refractivity contribution < 1.29 is 8.42 Å². The molecule has 20 heavy (non-hydrogen) atoms. The summed E-state index contributed by atoms with van der Waals surface area (Å²) in [5.74, 6) is 0.214. The maximum atomic E-state index is 11.4. The fourth-order valence-electron chi connectivity index (χ4n) is 2.93. The van der Waals surface area contributed by atoms with E-state index in [9.17, 15) is 8.42 Å². The molecule has 1 aromatic carbocycles. The van der Waals surface area contributed by atoms with Crippen molar-refractivity contribution in [2.75, 3.05) is 23.7 Å². The minimum Gasteiger partial charge on any atom is -0.371 e. The monoisotopic (exact) mass is 292 g/mol. The van der Waals surface area contributed by atoms with Crippen molar-refractivity contribution in [1.82, 2.24) is 5.32 Å². The highest BCUT2D eigenvalue weighted by atomic mass is 32.2. The number of piperidine rings is 1. The van der Waals surface area contributed by atoms with Crippen molar-refractivity contribution >= 4 is 15.5 Å². The molecule has 2 heterocycles. The zero-order valence-corrected chi connectivity index (χ0v) is 12.2. The molecule has 5 heteroatoms. The lowest BCUT2D eigenvalue weighted by atomic mass is 10.0. The largest absolute Gasteiger partial charge is 0.371 e. The summed E-state index contributed by atoms with van der Waals surface area (Å²) in [6.07, 6.45) is 3.89. The molecule has 1 atom stereocenters. The molecule has 1 unspecified atom stereocenters. The number of para-hydroxylation sites is 1. The molecular weight excluding hydrogens is 272 g/mol. The fourth-order valence-corrected chi connectivity index (χ4v) is 4.17. The van der Waals surface area contributed by atoms with Crippen molar-refractivity contribution in [3.05, 3.63) is 41.8 Å². The van der Waals surface area contributed by atoms with E-state index in [1.165, 1.54) is 11.1 Å². The van der Waals surface area contributed by atoms with E-state index in [1.807, 2.05) is 6.07 Å². The summed E-state index contributed by atoms with van der Waals surface area (Å²) in [4.78, 5) is 2.39. The Labute approximate surface area is 120 Å². The Morgan fingerprint density at radius 2 is 1.80 bits per heavy atom. The summed E-state index contributed by atoms with van der Waals surface area (Å²) < 4.78 is 22.8. The van der Waals surface area contributed by atoms with E-state index in [-0.39, 0.29) is 11.8 Å². The first-order valence-electron chi connectivity index (χ1n) is 7.09. The quantitative estimate of drug-likeness (QED) is 0.918. The van der Waals surface area contributed by atoms with Gasteiger partial charge in [0.1, 0.15) is 0 Å². The molecule has 1 N–H and O–H groups in total. The average molecular weight is 292 g/mol. The van der Waals surface area contributed by atoms with Gasteiger partial charge in [0, 0.05) is 36.3 Å². The topological polar surface area (TPSA) is 49.4 Å². The second-order valence-electron chi connectivity index (χ2n) is 5.53. The van der Waals surface area contributed by atoms with Gasteiger partial charge < -0.3 is 10.2 Å². The second-order valence-corrected chi connectivity index (χ2v) is 7.46. The summed E-state index contributed by atoms with van der Waals surface area (Å²) >= 11 is 0. The number of rotatable bonds is 3. The van der Waals surface area contributed by atoms with E-state index in [0.29, 0.717) is 6.04 Å². The first kappa shape index (κ1) is 13.6. The predicted molar refractivity (Wildman–Crippen MR) is 81.5 cm³/mol. The van der Waals surface area contributed by atoms with E-state index in [0.717, 1.165) is 25.9 Å². The molecule has 1 fully saturated rings. The van der Waals surface area contributed by atoms with E-state index < -0.39 is 9.84 Å². The minimum atomic E-state index is -2.95. The Balaban J connectivity index is 1.51. The van der Waals surface area contributed by atoms with Gasteiger partial charge in [-0.25, -0.2) is 8.42 Å². The van der Waals surface area contributed by atoms with Gasteiger partial charge in [0.2, 0.25) is 0 Å². The van der Waals surface area contributed by atoms with Gasteiger partial charge in [0.15, 0.2) is 9.84 Å². The molecular formula is C15H20N2O2S. The first-order chi connectivity index (χ1) is 9.62. The third kappa shape index (κ3) is 3.22. The van der Waals surface area contributed by atoms with Crippen LogP contribution in [0.25, 0.3) is 0 Å². The van der Waals surface area contributed by atoms with Crippen LogP contribution in [0, 0.1) is 0 Å². The molecule has 0 bridgehead atoms. The summed E-state index contributed by atoms with van der Waals surface area (Å²) in [7, 11) is -2.95. The van der Waals surface area contributed by atoms with Crippen LogP contribution >= 0.6 is 0 Å². The van der Waals surface area contributed by atoms with E-state index in [1.54, 1.807) is 6.08 Å². The predicted octanol–water partition coefficient (Wildman–Crippen LogP) is 1.56. The van der Waals surface area contributed by atoms with Crippen LogP contribution in [0.2, 0.25) is 0 Å². The van der Waals surface area contributed by atoms with Crippen LogP contribution < -0.4 is 10.2 Å². The van der Waals surface area contributed by atoms with Gasteiger partial charge in [0.05, 0.1) is 5.75 Å². The van der Waals surface area contributed by atoms with Gasteiger partial charge >= 0.3 is 0 Å². The number of benzene rings is 1. The van der Waals surface area contributed by atoms with E-state index in [2.05, 4.69) is 34.5 Å². The Bertz CT molecular complexity index is 575. The van der Waals surface area contributed by atoms with Gasteiger partial charge in [-0.3, -0.25) is 0 Å². The van der Waals surface area contributed by atoms with Gasteiger partial charge in [-0.1, -0.05) is 24.3 Å². The Morgan fingerprint density at radius 3 is 2.40 bits per heavy atom. The molecule has 3 rings (SSSR count). The van der Waals surface area contributed by atoms with Crippen LogP contribution in [0.1, 0.15) is 12.8 Å². The van der Waals surface area contributed by atoms with Crippen LogP contribution in [-0.4, -0.2) is 39.3 Å². The fraction of sp³-hybridized carbons (Fsp3) is 0.467. The summed E-state index contributed by atoms with van der Waals surface area (Å²) in [6, 6.07) is 10.8. The van der Waals surface area contributed by atoms with Crippen LogP contribution in [0.3, 0.4) is 0 Å². The summed E-state index contributed by atoms with van der Waals surface area (Å²) in [5, 5.41) is 4.79. The number of nitrogens with one attached hydrogen (secondary N) is 1. The smallest absolute Gasteiger partial charge is 0.173 e. The highest BCUT2D eigenvalue weighted by Gasteiger charge is 2.26. The van der Waals surface area contributed by atoms with Crippen LogP contribution in [0.5, 0.6) is 0 Å². The molecule has 0 aromatic heterocycles. The third-order valence-electron chi connectivity index (χ3n) is 4.00. The van der Waals surface area contributed by atoms with Crippen molar-refractivity contribution in [3.63, 3.8) is 0 Å². The lowest BCUT2D eigenvalue weighted by Gasteiger charge is -2.35. The van der Waals surface area contributed by atoms with Crippen LogP contribution in [-0.2, 0) is 9.84 Å². The summed E-state index contributed by atoms with van der Waals surface area (Å²) in [6.45, 7) is 2.04. The molecule has 2 aliphatic rings. The zero-order chi connectivity index (χ0) is 14.0. The van der Waals surface area contributed by atoms with Gasteiger partial charge in [-0.15, -0.1) is 0 Å². The van der Waals surface area contributed by atoms with Gasteiger partial charge in [0.25, 0.3) is 0 Å². The molecule has 1 saturated heterocycles. The third-order valence-corrected chi connectivity index (χ3v) is 5.39. The SMILES string of the molecule is O=S1(=O)C=CC(NC2CCN(c3ccccc3)CC2)C1. The zero-order valence-electron chi connectivity index (χ0n) is 11.4. The lowest BCUT2D eigenvalue weighted by Crippen LogP contribution is -2.46. The molecule has 0 radical (unpaired) electrons. The van der Waals surface area contributed by atoms with E-state index >= 15 is 0 Å². The number of hydrogen-bond acceptors (Lipinski definition) is 4. The molecule has 0 aliphatic carbocycles. The van der Waals surface area contributed by atoms with Crippen LogP contribution in [0.4, 0.5) is 5.69 Å². The molecule has 0 amide bonds. The molecule has 1 aromatic rings. The second kappa shape index (κ2) is 5.58. The maximum Gasteiger partial charge on any atom is 0.173 e. The van der Waals surface area contributed by atoms with Crippen molar-refractivity contribution in [1.29, 1.82) is 0 Å². The first-order valence-corrected chi connectivity index (χ1v) is 8.81. The van der Waals surface area contributed by atoms with Gasteiger partial charge in [-0.05, 0) is 25.0 Å². The van der Waals surface area contributed by atoms with Crippen LogP contribution in [0.15, 0.2) is 41.8 Å². The Kier molecular flexibility index (Phi) is 3.81. The Hall–Kier alpha value is -1.33. The molecule has 4 nitrogen and oxygen atoms in total. The molecule has 0 spiro atoms. The lowest BCUT2D eigenvalue weighted by molar-refractivity contribution is 0.401. The standard InChI is InChI=1S/C15H20N2O2S/c18-20(19)11-8-14(12-20)16-13-6-9-17(10-7-13)15-4-2-1-3-5-15/h1-5,8,11,13-14,16H,6-7,9-10,12H2. The number of nitrogens with zero attached hydrogens (tertiary/aromatic N) is 1. The normalized spacial score (nSPS) is 26.0. The number of anilines is 1. The number of hydrogen-bond donors (Lipinski definition) is 1. The van der Waals surface area contributed by atoms with Crippen molar-refractivity contribution in [3.8, 4) is 0 Å². The highest BCUT2D eigenvalue weighted by molar-refractivity contribution is 7.94. The van der Waals surface area contributed by atoms with Crippen molar-refractivity contribution in [2.45, 2.75) is 24.9 Å². The minimum absolute atomic E-state index is 0.00623. The van der Waals surface area contributed by atoms with Crippen molar-refractivity contribution in [2.24, 2.45) is 0 Å². The summed E-state index contributed by atoms with van der Waals surface area (Å²) in [5.41, 5.74) is 1.27. The molecule has 2 aliphatic heterocycles. The number of sulfone groups is 1. The molecule has 0 saturated carbocycles. The Morgan fingerprint density at radius 1 is 1.10 bits per heavy atom. The molecule has 108 valence electrons.